The van der Waals surface area contributed by atoms with E-state index >= 15 is 0 Å². The van der Waals surface area contributed by atoms with Crippen molar-refractivity contribution in [1.29, 1.82) is 0 Å². The fourth-order valence-electron chi connectivity index (χ4n) is 2.83. The van der Waals surface area contributed by atoms with Crippen molar-refractivity contribution in [2.45, 2.75) is 11.2 Å². The zero-order chi connectivity index (χ0) is 24.0. The smallest absolute Gasteiger partial charge is 0.251 e. The maximum atomic E-state index is 12.5. The van der Waals surface area contributed by atoms with Crippen molar-refractivity contribution in [2.24, 2.45) is 7.05 Å². The topological polar surface area (TPSA) is 118 Å². The highest BCUT2D eigenvalue weighted by molar-refractivity contribution is 9.10. The molecule has 0 saturated heterocycles. The van der Waals surface area contributed by atoms with Crippen molar-refractivity contribution in [1.82, 2.24) is 20.1 Å². The van der Waals surface area contributed by atoms with Crippen LogP contribution in [0.15, 0.2) is 52.1 Å². The van der Waals surface area contributed by atoms with Crippen molar-refractivity contribution in [3.05, 3.63) is 63.3 Å². The number of amides is 2. The van der Waals surface area contributed by atoms with Gasteiger partial charge in [-0.1, -0.05) is 23.4 Å². The van der Waals surface area contributed by atoms with Crippen LogP contribution in [0.4, 0.5) is 5.69 Å². The minimum Gasteiger partial charge on any atom is -0.497 e. The average Bonchev–Trinajstić information content (AvgIpc) is 3.18. The summed E-state index contributed by atoms with van der Waals surface area (Å²) in [4.78, 5) is 24.8. The Morgan fingerprint density at radius 1 is 1.24 bits per heavy atom. The molecule has 0 spiro atoms. The number of hydrogen-bond donors (Lipinski definition) is 3. The number of thioether (sulfide) groups is 1. The van der Waals surface area contributed by atoms with Gasteiger partial charge in [0.15, 0.2) is 11.0 Å². The average molecular weight is 555 g/mol. The number of methoxy groups -OCH3 is 1. The highest BCUT2D eigenvalue weighted by Gasteiger charge is 2.22. The summed E-state index contributed by atoms with van der Waals surface area (Å²) in [7, 11) is 3.24. The molecule has 9 nitrogen and oxygen atoms in total. The van der Waals surface area contributed by atoms with E-state index in [-0.39, 0.29) is 24.2 Å². The number of aromatic nitrogens is 3. The Hall–Kier alpha value is -2.60. The van der Waals surface area contributed by atoms with E-state index in [2.05, 4.69) is 36.8 Å². The quantitative estimate of drug-likeness (QED) is 0.347. The van der Waals surface area contributed by atoms with E-state index in [0.717, 1.165) is 4.47 Å². The molecule has 0 saturated carbocycles. The van der Waals surface area contributed by atoms with Crippen LogP contribution < -0.4 is 15.4 Å². The Morgan fingerprint density at radius 3 is 2.61 bits per heavy atom. The number of carbonyl (C=O) groups excluding carboxylic acids is 2. The molecule has 2 aromatic carbocycles. The van der Waals surface area contributed by atoms with Crippen LogP contribution in [0.2, 0.25) is 5.02 Å². The number of nitrogens with one attached hydrogen (secondary N) is 2. The molecular formula is C21H21BrClN5O4S. The van der Waals surface area contributed by atoms with Gasteiger partial charge in [-0.25, -0.2) is 0 Å². The highest BCUT2D eigenvalue weighted by Crippen LogP contribution is 2.26. The second-order valence-electron chi connectivity index (χ2n) is 6.80. The lowest BCUT2D eigenvalue weighted by Crippen LogP contribution is -2.32. The predicted octanol–water partition coefficient (Wildman–Crippen LogP) is 3.43. The van der Waals surface area contributed by atoms with Crippen LogP contribution in [0.1, 0.15) is 22.2 Å². The zero-order valence-corrected chi connectivity index (χ0v) is 20.9. The molecule has 2 amide bonds. The van der Waals surface area contributed by atoms with Crippen molar-refractivity contribution >= 4 is 56.8 Å². The van der Waals surface area contributed by atoms with E-state index in [1.54, 1.807) is 61.2 Å². The Bertz CT molecular complexity index is 1140. The number of aliphatic hydroxyl groups excluding tert-OH is 1. The molecule has 12 heteroatoms. The molecule has 1 unspecified atom stereocenters. The van der Waals surface area contributed by atoms with Gasteiger partial charge in [0.1, 0.15) is 11.8 Å². The molecule has 0 bridgehead atoms. The first kappa shape index (κ1) is 25.0. The van der Waals surface area contributed by atoms with E-state index in [4.69, 9.17) is 16.3 Å². The molecular weight excluding hydrogens is 534 g/mol. The van der Waals surface area contributed by atoms with Crippen molar-refractivity contribution in [3.63, 3.8) is 0 Å². The van der Waals surface area contributed by atoms with E-state index in [1.165, 1.54) is 11.8 Å². The summed E-state index contributed by atoms with van der Waals surface area (Å²) in [5, 5.41) is 24.4. The number of aliphatic hydroxyl groups is 1. The summed E-state index contributed by atoms with van der Waals surface area (Å²) in [5.74, 6) is 0.465. The second-order valence-corrected chi connectivity index (χ2v) is 9.01. The Kier molecular flexibility index (Phi) is 8.73. The molecule has 1 aromatic heterocycles. The van der Waals surface area contributed by atoms with Crippen LogP contribution in [0.3, 0.4) is 0 Å². The first-order valence-electron chi connectivity index (χ1n) is 9.65. The third kappa shape index (κ3) is 6.47. The lowest BCUT2D eigenvalue weighted by molar-refractivity contribution is -0.113. The van der Waals surface area contributed by atoms with Gasteiger partial charge in [-0.05, 0) is 58.4 Å². The van der Waals surface area contributed by atoms with Gasteiger partial charge in [-0.15, -0.1) is 10.2 Å². The van der Waals surface area contributed by atoms with Gasteiger partial charge in [0.2, 0.25) is 5.91 Å². The van der Waals surface area contributed by atoms with Gasteiger partial charge in [-0.2, -0.15) is 0 Å². The van der Waals surface area contributed by atoms with Crippen LogP contribution in [-0.2, 0) is 11.8 Å². The summed E-state index contributed by atoms with van der Waals surface area (Å²) in [6.07, 6.45) is 0. The monoisotopic (exact) mass is 553 g/mol. The Balaban J connectivity index is 1.61. The van der Waals surface area contributed by atoms with Gasteiger partial charge >= 0.3 is 0 Å². The summed E-state index contributed by atoms with van der Waals surface area (Å²) < 4.78 is 7.46. The van der Waals surface area contributed by atoms with Crippen molar-refractivity contribution in [2.75, 3.05) is 24.8 Å². The Morgan fingerprint density at radius 2 is 1.97 bits per heavy atom. The minimum absolute atomic E-state index is 0.0850. The summed E-state index contributed by atoms with van der Waals surface area (Å²) in [5.41, 5.74) is 0.991. The molecule has 3 aromatic rings. The van der Waals surface area contributed by atoms with Gasteiger partial charge < -0.3 is 25.0 Å². The Labute approximate surface area is 208 Å². The number of benzene rings is 2. The van der Waals surface area contributed by atoms with Gasteiger partial charge in [0, 0.05) is 22.8 Å². The van der Waals surface area contributed by atoms with Crippen LogP contribution in [0.5, 0.6) is 5.75 Å². The number of nitrogens with zero attached hydrogens (tertiary/aromatic N) is 3. The fourth-order valence-corrected chi connectivity index (χ4v) is 3.98. The second kappa shape index (κ2) is 11.5. The van der Waals surface area contributed by atoms with Crippen LogP contribution >= 0.6 is 39.3 Å². The van der Waals surface area contributed by atoms with E-state index in [0.29, 0.717) is 33.0 Å². The lowest BCUT2D eigenvalue weighted by atomic mass is 10.2. The summed E-state index contributed by atoms with van der Waals surface area (Å²) in [6, 6.07) is 10.9. The molecule has 174 valence electrons. The van der Waals surface area contributed by atoms with E-state index < -0.39 is 6.04 Å². The van der Waals surface area contributed by atoms with E-state index in [9.17, 15) is 14.7 Å². The van der Waals surface area contributed by atoms with Crippen molar-refractivity contribution < 1.29 is 19.4 Å². The fraction of sp³-hybridized carbons (Fsp3) is 0.238. The molecule has 0 aliphatic rings. The number of anilines is 1. The summed E-state index contributed by atoms with van der Waals surface area (Å²) in [6.45, 7) is -0.372. The predicted molar refractivity (Wildman–Crippen MR) is 130 cm³/mol. The lowest BCUT2D eigenvalue weighted by Gasteiger charge is -2.16. The van der Waals surface area contributed by atoms with Gasteiger partial charge in [0.05, 0.1) is 24.5 Å². The standard InChI is InChI=1S/C21H21BrClN5O4S/c1-28-19(17(10-29)25-20(31)12-3-6-14(32-2)7-4-12)26-27-21(28)33-11-18(30)24-13-5-8-15(22)16(23)9-13/h3-9,17,29H,10-11H2,1-2H3,(H,24,30)(H,25,31). The highest BCUT2D eigenvalue weighted by atomic mass is 79.9. The molecule has 33 heavy (non-hydrogen) atoms. The zero-order valence-electron chi connectivity index (χ0n) is 17.7. The number of carbonyl (C=O) groups is 2. The van der Waals surface area contributed by atoms with Crippen LogP contribution in [0, 0.1) is 0 Å². The molecule has 3 rings (SSSR count). The molecule has 1 atom stereocenters. The largest absolute Gasteiger partial charge is 0.497 e. The first-order chi connectivity index (χ1) is 15.8. The third-order valence-corrected chi connectivity index (χ3v) is 6.81. The molecule has 3 N–H and O–H groups in total. The SMILES string of the molecule is COc1ccc(C(=O)NC(CO)c2nnc(SCC(=O)Nc3ccc(Br)c(Cl)c3)n2C)cc1. The number of halogens is 2. The van der Waals surface area contributed by atoms with Gasteiger partial charge in [-0.3, -0.25) is 9.59 Å². The molecule has 0 radical (unpaired) electrons. The number of hydrogen-bond acceptors (Lipinski definition) is 7. The molecule has 0 fully saturated rings. The normalized spacial score (nSPS) is 11.7. The van der Waals surface area contributed by atoms with Crippen LogP contribution in [-0.4, -0.2) is 51.2 Å². The first-order valence-corrected chi connectivity index (χ1v) is 11.8. The van der Waals surface area contributed by atoms with Crippen LogP contribution in [0.25, 0.3) is 0 Å². The maximum absolute atomic E-state index is 12.5. The number of rotatable bonds is 9. The molecule has 1 heterocycles. The van der Waals surface area contributed by atoms with Gasteiger partial charge in [0.25, 0.3) is 5.91 Å². The molecule has 0 aliphatic carbocycles. The van der Waals surface area contributed by atoms with Crippen molar-refractivity contribution in [3.8, 4) is 5.75 Å². The third-order valence-electron chi connectivity index (χ3n) is 4.56. The van der Waals surface area contributed by atoms with E-state index in [1.807, 2.05) is 0 Å². The molecule has 0 aliphatic heterocycles. The number of ether oxygens (including phenoxy) is 1. The maximum Gasteiger partial charge on any atom is 0.251 e. The summed E-state index contributed by atoms with van der Waals surface area (Å²) >= 11 is 10.5. The minimum atomic E-state index is -0.773.